The lowest BCUT2D eigenvalue weighted by atomic mass is 10.0. The summed E-state index contributed by atoms with van der Waals surface area (Å²) in [5, 5.41) is 2.61. The first-order valence-corrected chi connectivity index (χ1v) is 14.8. The summed E-state index contributed by atoms with van der Waals surface area (Å²) in [5.74, 6) is -5.85. The van der Waals surface area contributed by atoms with Crippen molar-refractivity contribution in [2.24, 2.45) is 0 Å². The molecular weight excluding hydrogens is 643 g/mol. The lowest BCUT2D eigenvalue weighted by molar-refractivity contribution is -0.202. The van der Waals surface area contributed by atoms with Crippen LogP contribution in [0.4, 0.5) is 13.2 Å². The van der Waals surface area contributed by atoms with Gasteiger partial charge in [-0.3, -0.25) is 29.4 Å². The van der Waals surface area contributed by atoms with Crippen molar-refractivity contribution >= 4 is 35.1 Å². The van der Waals surface area contributed by atoms with Crippen molar-refractivity contribution in [1.82, 2.24) is 16.2 Å². The van der Waals surface area contributed by atoms with Crippen molar-refractivity contribution in [3.63, 3.8) is 0 Å². The Kier molecular flexibility index (Phi) is 11.9. The van der Waals surface area contributed by atoms with Crippen LogP contribution in [0.15, 0.2) is 109 Å². The number of alkyl halides is 3. The Hall–Kier alpha value is -5.95. The molecule has 252 valence electrons. The summed E-state index contributed by atoms with van der Waals surface area (Å²) in [6, 6.07) is 26.9. The SMILES string of the molecule is CC(=O)c1cccc(C(=O)C(CNNC(=O)[C@H](Cc2ccccc2)NC(=O)c2ccc(C(=O)c3ccccc3)cc2)OC(=O)C(F)(F)F)c1. The number of hydrazine groups is 1. The van der Waals surface area contributed by atoms with Crippen molar-refractivity contribution in [1.29, 1.82) is 0 Å². The fourth-order valence-electron chi connectivity index (χ4n) is 4.61. The summed E-state index contributed by atoms with van der Waals surface area (Å²) in [6.07, 6.45) is -7.48. The first-order valence-electron chi connectivity index (χ1n) is 14.8. The molecule has 4 aromatic rings. The summed E-state index contributed by atoms with van der Waals surface area (Å²) in [6.45, 7) is 0.439. The first kappa shape index (κ1) is 35.9. The minimum atomic E-state index is -5.42. The van der Waals surface area contributed by atoms with Crippen LogP contribution in [-0.4, -0.2) is 60.0 Å². The molecule has 49 heavy (non-hydrogen) atoms. The molecule has 4 rings (SSSR count). The summed E-state index contributed by atoms with van der Waals surface area (Å²) >= 11 is 0. The van der Waals surface area contributed by atoms with E-state index in [2.05, 4.69) is 20.9 Å². The van der Waals surface area contributed by atoms with E-state index in [0.29, 0.717) is 16.7 Å². The smallest absolute Gasteiger partial charge is 0.446 e. The fourth-order valence-corrected chi connectivity index (χ4v) is 4.61. The third-order valence-electron chi connectivity index (χ3n) is 7.18. The van der Waals surface area contributed by atoms with Crippen LogP contribution < -0.4 is 16.2 Å². The van der Waals surface area contributed by atoms with Crippen LogP contribution in [0.3, 0.4) is 0 Å². The second kappa shape index (κ2) is 16.2. The molecule has 0 aromatic heterocycles. The van der Waals surface area contributed by atoms with Gasteiger partial charge in [-0.2, -0.15) is 13.2 Å². The number of carbonyl (C=O) groups excluding carboxylic acids is 6. The lowest BCUT2D eigenvalue weighted by Gasteiger charge is -2.21. The number of amides is 2. The van der Waals surface area contributed by atoms with Gasteiger partial charge in [0, 0.05) is 34.2 Å². The molecule has 0 aliphatic heterocycles. The average molecular weight is 674 g/mol. The van der Waals surface area contributed by atoms with Gasteiger partial charge in [0.25, 0.3) is 11.8 Å². The number of carbonyl (C=O) groups is 6. The Morgan fingerprint density at radius 2 is 1.24 bits per heavy atom. The van der Waals surface area contributed by atoms with E-state index in [1.54, 1.807) is 60.7 Å². The number of hydrogen-bond donors (Lipinski definition) is 3. The van der Waals surface area contributed by atoms with Gasteiger partial charge in [0.2, 0.25) is 5.78 Å². The predicted molar refractivity (Wildman–Crippen MR) is 171 cm³/mol. The molecule has 0 aliphatic rings. The second-order valence-electron chi connectivity index (χ2n) is 10.8. The Morgan fingerprint density at radius 1 is 0.694 bits per heavy atom. The number of nitrogens with one attached hydrogen (secondary N) is 3. The number of rotatable bonds is 14. The van der Waals surface area contributed by atoms with E-state index in [1.165, 1.54) is 49.4 Å². The molecule has 0 saturated heterocycles. The van der Waals surface area contributed by atoms with Crippen LogP contribution in [-0.2, 0) is 20.7 Å². The van der Waals surface area contributed by atoms with E-state index in [-0.39, 0.29) is 28.9 Å². The van der Waals surface area contributed by atoms with Gasteiger partial charge in [-0.05, 0) is 30.7 Å². The number of halogens is 3. The number of benzene rings is 4. The van der Waals surface area contributed by atoms with E-state index < -0.39 is 54.2 Å². The molecule has 0 spiro atoms. The molecule has 0 radical (unpaired) electrons. The Bertz CT molecular complexity index is 1830. The van der Waals surface area contributed by atoms with Gasteiger partial charge in [0.1, 0.15) is 6.04 Å². The maximum Gasteiger partial charge on any atom is 0.490 e. The summed E-state index contributed by atoms with van der Waals surface area (Å²) in [5.41, 5.74) is 6.08. The van der Waals surface area contributed by atoms with Crippen LogP contribution >= 0.6 is 0 Å². The minimum Gasteiger partial charge on any atom is -0.446 e. The zero-order valence-corrected chi connectivity index (χ0v) is 26.0. The first-order chi connectivity index (χ1) is 23.3. The third kappa shape index (κ3) is 10.0. The Labute approximate surface area is 278 Å². The number of esters is 1. The van der Waals surface area contributed by atoms with Gasteiger partial charge in [0.05, 0.1) is 6.54 Å². The van der Waals surface area contributed by atoms with Crippen molar-refractivity contribution in [2.75, 3.05) is 6.54 Å². The molecule has 10 nitrogen and oxygen atoms in total. The predicted octanol–water partition coefficient (Wildman–Crippen LogP) is 4.44. The maximum absolute atomic E-state index is 13.3. The molecule has 4 aromatic carbocycles. The monoisotopic (exact) mass is 673 g/mol. The summed E-state index contributed by atoms with van der Waals surface area (Å²) in [4.78, 5) is 75.7. The quantitative estimate of drug-likeness (QED) is 0.101. The Balaban J connectivity index is 1.47. The molecule has 2 amide bonds. The highest BCUT2D eigenvalue weighted by molar-refractivity contribution is 6.09. The molecule has 0 fully saturated rings. The molecule has 1 unspecified atom stereocenters. The topological polar surface area (TPSA) is 148 Å². The molecule has 3 N–H and O–H groups in total. The van der Waals surface area contributed by atoms with Gasteiger partial charge in [0.15, 0.2) is 17.7 Å². The van der Waals surface area contributed by atoms with Crippen LogP contribution in [0.1, 0.15) is 59.5 Å². The van der Waals surface area contributed by atoms with E-state index in [9.17, 15) is 41.9 Å². The molecule has 0 heterocycles. The van der Waals surface area contributed by atoms with Crippen molar-refractivity contribution in [3.05, 3.63) is 143 Å². The Morgan fingerprint density at radius 3 is 1.86 bits per heavy atom. The normalized spacial score (nSPS) is 12.2. The van der Waals surface area contributed by atoms with Crippen molar-refractivity contribution < 1.29 is 46.7 Å². The van der Waals surface area contributed by atoms with Crippen molar-refractivity contribution in [2.45, 2.75) is 31.7 Å². The molecule has 13 heteroatoms. The average Bonchev–Trinajstić information content (AvgIpc) is 3.10. The van der Waals surface area contributed by atoms with Gasteiger partial charge in [-0.1, -0.05) is 91.0 Å². The molecule has 0 bridgehead atoms. The molecule has 0 saturated carbocycles. The van der Waals surface area contributed by atoms with Crippen LogP contribution in [0.25, 0.3) is 0 Å². The number of Topliss-reactive ketones (excluding diaryl/α,β-unsaturated/α-hetero) is 2. The molecular formula is C36H30F3N3O7. The number of hydrogen-bond acceptors (Lipinski definition) is 8. The highest BCUT2D eigenvalue weighted by Gasteiger charge is 2.43. The van der Waals surface area contributed by atoms with E-state index >= 15 is 0 Å². The van der Waals surface area contributed by atoms with Gasteiger partial charge < -0.3 is 10.1 Å². The summed E-state index contributed by atoms with van der Waals surface area (Å²) < 4.78 is 43.5. The minimum absolute atomic E-state index is 0.00602. The van der Waals surface area contributed by atoms with Gasteiger partial charge in [-0.25, -0.2) is 10.2 Å². The third-order valence-corrected chi connectivity index (χ3v) is 7.18. The zero-order chi connectivity index (χ0) is 35.6. The second-order valence-corrected chi connectivity index (χ2v) is 10.8. The van der Waals surface area contributed by atoms with E-state index in [4.69, 9.17) is 0 Å². The summed E-state index contributed by atoms with van der Waals surface area (Å²) in [7, 11) is 0. The largest absolute Gasteiger partial charge is 0.490 e. The number of ketones is 3. The zero-order valence-electron chi connectivity index (χ0n) is 26.0. The lowest BCUT2D eigenvalue weighted by Crippen LogP contribution is -2.54. The highest BCUT2D eigenvalue weighted by atomic mass is 19.4. The van der Waals surface area contributed by atoms with Crippen LogP contribution in [0, 0.1) is 0 Å². The van der Waals surface area contributed by atoms with Crippen LogP contribution in [0.2, 0.25) is 0 Å². The maximum atomic E-state index is 13.3. The van der Waals surface area contributed by atoms with Crippen molar-refractivity contribution in [3.8, 4) is 0 Å². The van der Waals surface area contributed by atoms with E-state index in [1.807, 2.05) is 0 Å². The fraction of sp³-hybridized carbons (Fsp3) is 0.167. The van der Waals surface area contributed by atoms with E-state index in [0.717, 1.165) is 6.07 Å². The molecule has 2 atom stereocenters. The highest BCUT2D eigenvalue weighted by Crippen LogP contribution is 2.19. The standard InChI is InChI=1S/C36H30F3N3O7/c1-22(43)27-13-8-14-28(20-27)32(45)30(49-35(48)36(37,38)39)21-40-42-34(47)29(19-23-9-4-2-5-10-23)41-33(46)26-17-15-25(16-18-26)31(44)24-11-6-3-7-12-24/h2-18,20,29-30,40H,19,21H2,1H3,(H,41,46)(H,42,47)/t29-,30?/m0/s1. The number of ether oxygens (including phenoxy) is 1. The van der Waals surface area contributed by atoms with Gasteiger partial charge >= 0.3 is 12.1 Å². The van der Waals surface area contributed by atoms with Gasteiger partial charge in [-0.15, -0.1) is 0 Å². The van der Waals surface area contributed by atoms with Crippen LogP contribution in [0.5, 0.6) is 0 Å². The molecule has 0 aliphatic carbocycles.